The second-order valence-corrected chi connectivity index (χ2v) is 7.37. The molecule has 3 aromatic rings. The molecular weight excluding hydrogens is 388 g/mol. The zero-order chi connectivity index (χ0) is 17.9. The average molecular weight is 407 g/mol. The third-order valence-electron chi connectivity index (χ3n) is 4.65. The van der Waals surface area contributed by atoms with E-state index in [-0.39, 0.29) is 18.0 Å². The summed E-state index contributed by atoms with van der Waals surface area (Å²) >= 11 is 3.48. The molecule has 0 spiro atoms. The Morgan fingerprint density at radius 2 is 1.50 bits per heavy atom. The van der Waals surface area contributed by atoms with Gasteiger partial charge in [0.1, 0.15) is 6.04 Å². The molecule has 3 aromatic carbocycles. The Morgan fingerprint density at radius 1 is 0.885 bits per heavy atom. The van der Waals surface area contributed by atoms with Crippen LogP contribution in [0.25, 0.3) is 0 Å². The van der Waals surface area contributed by atoms with Gasteiger partial charge in [0, 0.05) is 16.7 Å². The van der Waals surface area contributed by atoms with Crippen molar-refractivity contribution >= 4 is 27.5 Å². The molecule has 1 fully saturated rings. The SMILES string of the molecule is O=C(Nc1ccccc1)[C@H]1[C@H](c2ccc(Br)cc2)N1Cc1ccccc1. The summed E-state index contributed by atoms with van der Waals surface area (Å²) in [6, 6.07) is 28.1. The van der Waals surface area contributed by atoms with Crippen molar-refractivity contribution in [3.05, 3.63) is 101 Å². The first-order chi connectivity index (χ1) is 12.7. The lowest BCUT2D eigenvalue weighted by Gasteiger charge is -2.06. The van der Waals surface area contributed by atoms with Gasteiger partial charge in [0.25, 0.3) is 0 Å². The Labute approximate surface area is 161 Å². The molecule has 1 unspecified atom stereocenters. The fourth-order valence-electron chi connectivity index (χ4n) is 3.33. The minimum Gasteiger partial charge on any atom is -0.325 e. The topological polar surface area (TPSA) is 32.1 Å². The van der Waals surface area contributed by atoms with Crippen LogP contribution in [0.5, 0.6) is 0 Å². The van der Waals surface area contributed by atoms with Crippen molar-refractivity contribution in [3.8, 4) is 0 Å². The first kappa shape index (κ1) is 17.0. The van der Waals surface area contributed by atoms with Gasteiger partial charge in [-0.1, -0.05) is 76.6 Å². The van der Waals surface area contributed by atoms with Gasteiger partial charge in [-0.15, -0.1) is 0 Å². The lowest BCUT2D eigenvalue weighted by Crippen LogP contribution is -2.21. The number of benzene rings is 3. The minimum absolute atomic E-state index is 0.0417. The summed E-state index contributed by atoms with van der Waals surface area (Å²) in [4.78, 5) is 15.1. The summed E-state index contributed by atoms with van der Waals surface area (Å²) in [6.07, 6.45) is 0. The number of halogens is 1. The molecule has 1 amide bonds. The number of anilines is 1. The fourth-order valence-corrected chi connectivity index (χ4v) is 3.60. The maximum absolute atomic E-state index is 12.9. The van der Waals surface area contributed by atoms with E-state index in [0.717, 1.165) is 22.3 Å². The molecule has 0 saturated carbocycles. The van der Waals surface area contributed by atoms with Crippen molar-refractivity contribution in [1.82, 2.24) is 4.90 Å². The lowest BCUT2D eigenvalue weighted by atomic mass is 10.1. The molecule has 4 rings (SSSR count). The first-order valence-corrected chi connectivity index (χ1v) is 9.43. The smallest absolute Gasteiger partial charge is 0.243 e. The van der Waals surface area contributed by atoms with Gasteiger partial charge in [0.2, 0.25) is 5.91 Å². The third-order valence-corrected chi connectivity index (χ3v) is 5.18. The molecule has 0 bridgehead atoms. The molecule has 1 saturated heterocycles. The maximum atomic E-state index is 12.9. The van der Waals surface area contributed by atoms with Crippen molar-refractivity contribution in [2.45, 2.75) is 18.6 Å². The van der Waals surface area contributed by atoms with E-state index in [1.807, 2.05) is 60.7 Å². The van der Waals surface area contributed by atoms with Crippen molar-refractivity contribution < 1.29 is 4.79 Å². The molecule has 1 aliphatic heterocycles. The molecule has 1 heterocycles. The van der Waals surface area contributed by atoms with Gasteiger partial charge >= 0.3 is 0 Å². The zero-order valence-corrected chi connectivity index (χ0v) is 15.8. The van der Waals surface area contributed by atoms with Crippen LogP contribution in [0.4, 0.5) is 5.69 Å². The molecule has 3 atom stereocenters. The number of amides is 1. The molecule has 0 radical (unpaired) electrons. The quantitative estimate of drug-likeness (QED) is 0.603. The summed E-state index contributed by atoms with van der Waals surface area (Å²) in [7, 11) is 0. The Morgan fingerprint density at radius 3 is 2.15 bits per heavy atom. The van der Waals surface area contributed by atoms with Gasteiger partial charge in [-0.3, -0.25) is 9.69 Å². The molecule has 0 aromatic heterocycles. The van der Waals surface area contributed by atoms with Gasteiger partial charge in [0.15, 0.2) is 0 Å². The normalized spacial score (nSPS) is 21.2. The van der Waals surface area contributed by atoms with Gasteiger partial charge in [-0.2, -0.15) is 0 Å². The molecule has 26 heavy (non-hydrogen) atoms. The largest absolute Gasteiger partial charge is 0.325 e. The second kappa shape index (κ2) is 7.44. The van der Waals surface area contributed by atoms with E-state index in [0.29, 0.717) is 0 Å². The summed E-state index contributed by atoms with van der Waals surface area (Å²) in [5.41, 5.74) is 3.21. The van der Waals surface area contributed by atoms with Crippen LogP contribution in [0.2, 0.25) is 0 Å². The summed E-state index contributed by atoms with van der Waals surface area (Å²) in [5.74, 6) is 0.0417. The van der Waals surface area contributed by atoms with E-state index in [1.165, 1.54) is 5.56 Å². The Bertz CT molecular complexity index is 881. The summed E-state index contributed by atoms with van der Waals surface area (Å²) in [5, 5.41) is 3.04. The van der Waals surface area contributed by atoms with E-state index in [9.17, 15) is 4.79 Å². The highest BCUT2D eigenvalue weighted by molar-refractivity contribution is 9.10. The van der Waals surface area contributed by atoms with Crippen LogP contribution < -0.4 is 5.32 Å². The molecule has 1 N–H and O–H groups in total. The predicted molar refractivity (Wildman–Crippen MR) is 108 cm³/mol. The first-order valence-electron chi connectivity index (χ1n) is 8.63. The standard InChI is InChI=1S/C22H19BrN2O/c23-18-13-11-17(12-14-18)20-21(22(26)24-19-9-5-2-6-10-19)25(20)15-16-7-3-1-4-8-16/h1-14,20-21H,15H2,(H,24,26)/t20-,21+,25?/m0/s1. The van der Waals surface area contributed by atoms with E-state index in [4.69, 9.17) is 0 Å². The zero-order valence-electron chi connectivity index (χ0n) is 14.2. The lowest BCUT2D eigenvalue weighted by molar-refractivity contribution is -0.116. The van der Waals surface area contributed by atoms with E-state index in [1.54, 1.807) is 0 Å². The average Bonchev–Trinajstić information content (AvgIpc) is 3.38. The van der Waals surface area contributed by atoms with Crippen LogP contribution in [0.3, 0.4) is 0 Å². The van der Waals surface area contributed by atoms with Crippen molar-refractivity contribution in [2.24, 2.45) is 0 Å². The summed E-state index contributed by atoms with van der Waals surface area (Å²) in [6.45, 7) is 0.758. The van der Waals surface area contributed by atoms with Crippen molar-refractivity contribution in [2.75, 3.05) is 5.32 Å². The van der Waals surface area contributed by atoms with Crippen molar-refractivity contribution in [1.29, 1.82) is 0 Å². The number of carbonyl (C=O) groups excluding carboxylic acids is 1. The number of hydrogen-bond acceptors (Lipinski definition) is 2. The summed E-state index contributed by atoms with van der Waals surface area (Å²) < 4.78 is 1.04. The van der Waals surface area contributed by atoms with Crippen LogP contribution in [0, 0.1) is 0 Å². The van der Waals surface area contributed by atoms with E-state index in [2.05, 4.69) is 50.4 Å². The molecule has 130 valence electrons. The van der Waals surface area contributed by atoms with E-state index >= 15 is 0 Å². The molecule has 0 aliphatic carbocycles. The number of nitrogens with one attached hydrogen (secondary N) is 1. The van der Waals surface area contributed by atoms with Gasteiger partial charge in [-0.25, -0.2) is 0 Å². The Balaban J connectivity index is 1.55. The molecule has 3 nitrogen and oxygen atoms in total. The number of rotatable bonds is 5. The highest BCUT2D eigenvalue weighted by Crippen LogP contribution is 2.45. The van der Waals surface area contributed by atoms with Gasteiger partial charge in [-0.05, 0) is 35.4 Å². The third kappa shape index (κ3) is 3.71. The number of para-hydroxylation sites is 1. The Kier molecular flexibility index (Phi) is 4.87. The van der Waals surface area contributed by atoms with Crippen molar-refractivity contribution in [3.63, 3.8) is 0 Å². The number of carbonyl (C=O) groups is 1. The maximum Gasteiger partial charge on any atom is 0.243 e. The van der Waals surface area contributed by atoms with Gasteiger partial charge in [0.05, 0.1) is 6.04 Å². The van der Waals surface area contributed by atoms with Crippen LogP contribution in [-0.4, -0.2) is 16.8 Å². The van der Waals surface area contributed by atoms with Crippen LogP contribution in [-0.2, 0) is 11.3 Å². The molecular formula is C22H19BrN2O. The molecule has 4 heteroatoms. The minimum atomic E-state index is -0.156. The highest BCUT2D eigenvalue weighted by atomic mass is 79.9. The number of hydrogen-bond donors (Lipinski definition) is 1. The van der Waals surface area contributed by atoms with Gasteiger partial charge < -0.3 is 5.32 Å². The van der Waals surface area contributed by atoms with E-state index < -0.39 is 0 Å². The Hall–Kier alpha value is -2.43. The second-order valence-electron chi connectivity index (χ2n) is 6.45. The van der Waals surface area contributed by atoms with Crippen LogP contribution >= 0.6 is 15.9 Å². The van der Waals surface area contributed by atoms with Crippen LogP contribution in [0.1, 0.15) is 17.2 Å². The fraction of sp³-hybridized carbons (Fsp3) is 0.136. The predicted octanol–water partition coefficient (Wildman–Crippen LogP) is 5.01. The van der Waals surface area contributed by atoms with Crippen LogP contribution in [0.15, 0.2) is 89.4 Å². The molecule has 1 aliphatic rings. The number of nitrogens with zero attached hydrogens (tertiary/aromatic N) is 1. The monoisotopic (exact) mass is 406 g/mol. The highest BCUT2D eigenvalue weighted by Gasteiger charge is 2.52.